The minimum absolute atomic E-state index is 0.158. The number of carbonyl (C=O) groups excluding carboxylic acids is 2. The molecular weight excluding hydrogens is 413 g/mol. The van der Waals surface area contributed by atoms with E-state index in [-0.39, 0.29) is 29.9 Å². The predicted molar refractivity (Wildman–Crippen MR) is 118 cm³/mol. The van der Waals surface area contributed by atoms with Crippen molar-refractivity contribution in [3.63, 3.8) is 0 Å². The normalized spacial score (nSPS) is 13.0. The Morgan fingerprint density at radius 3 is 2.31 bits per heavy atom. The molecule has 164 valence electrons. The van der Waals surface area contributed by atoms with Gasteiger partial charge in [-0.2, -0.15) is 0 Å². The Morgan fingerprint density at radius 1 is 1.00 bits per heavy atom. The molecule has 0 aliphatic carbocycles. The van der Waals surface area contributed by atoms with Crippen LogP contribution in [0.25, 0.3) is 10.8 Å². The van der Waals surface area contributed by atoms with Crippen LogP contribution in [0.2, 0.25) is 0 Å². The first-order valence-electron chi connectivity index (χ1n) is 10.5. The summed E-state index contributed by atoms with van der Waals surface area (Å²) in [5.74, 6) is -2.13. The molecule has 2 amide bonds. The minimum atomic E-state index is -0.969. The number of fused-ring (bicyclic) bond motifs is 2. The van der Waals surface area contributed by atoms with Crippen LogP contribution >= 0.6 is 0 Å². The Kier molecular flexibility index (Phi) is 5.65. The maximum absolute atomic E-state index is 14.1. The van der Waals surface area contributed by atoms with Gasteiger partial charge in [0.15, 0.2) is 0 Å². The monoisotopic (exact) mass is 435 g/mol. The minimum Gasteiger partial charge on any atom is -0.492 e. The van der Waals surface area contributed by atoms with Gasteiger partial charge in [-0.1, -0.05) is 25.5 Å². The van der Waals surface area contributed by atoms with Gasteiger partial charge in [-0.25, -0.2) is 9.29 Å². The number of carbonyl (C=O) groups is 3. The molecule has 0 unspecified atom stereocenters. The lowest BCUT2D eigenvalue weighted by Crippen LogP contribution is -2.29. The number of aryl methyl sites for hydroxylation is 1. The number of ether oxygens (including phenoxy) is 1. The summed E-state index contributed by atoms with van der Waals surface area (Å²) in [4.78, 5) is 39.0. The van der Waals surface area contributed by atoms with Gasteiger partial charge < -0.3 is 9.84 Å². The van der Waals surface area contributed by atoms with Crippen LogP contribution < -0.4 is 9.64 Å². The van der Waals surface area contributed by atoms with E-state index in [9.17, 15) is 18.8 Å². The first kappa shape index (κ1) is 21.5. The molecule has 0 saturated carbocycles. The van der Waals surface area contributed by atoms with Crippen LogP contribution in [-0.4, -0.2) is 29.5 Å². The number of aliphatic carboxylic acids is 1. The molecule has 1 aliphatic rings. The Labute approximate surface area is 184 Å². The number of anilines is 1. The van der Waals surface area contributed by atoms with Crippen LogP contribution in [0.1, 0.15) is 52.1 Å². The number of hydrogen-bond acceptors (Lipinski definition) is 4. The van der Waals surface area contributed by atoms with Gasteiger partial charge in [0.05, 0.1) is 29.8 Å². The van der Waals surface area contributed by atoms with Crippen molar-refractivity contribution in [2.24, 2.45) is 0 Å². The molecular formula is C25H22FNO5. The van der Waals surface area contributed by atoms with Crippen LogP contribution in [-0.2, 0) is 17.6 Å². The number of halogens is 1. The molecule has 1 heterocycles. The summed E-state index contributed by atoms with van der Waals surface area (Å²) >= 11 is 0. The largest absolute Gasteiger partial charge is 0.492 e. The van der Waals surface area contributed by atoms with Gasteiger partial charge in [-0.15, -0.1) is 0 Å². The SMILES string of the molecule is CCCc1c2c(c(OCC)c3ccc(F)cc13)C(=O)N(c1ccc(CC(=O)O)cc1)C2=O. The lowest BCUT2D eigenvalue weighted by atomic mass is 9.91. The third kappa shape index (κ3) is 3.49. The van der Waals surface area contributed by atoms with Crippen molar-refractivity contribution in [2.45, 2.75) is 33.1 Å². The highest BCUT2D eigenvalue weighted by molar-refractivity contribution is 6.37. The van der Waals surface area contributed by atoms with Crippen molar-refractivity contribution in [1.29, 1.82) is 0 Å². The molecule has 1 N–H and O–H groups in total. The second kappa shape index (κ2) is 8.42. The number of rotatable bonds is 7. The Bertz CT molecular complexity index is 1250. The highest BCUT2D eigenvalue weighted by Crippen LogP contribution is 2.43. The summed E-state index contributed by atoms with van der Waals surface area (Å²) in [5.41, 5.74) is 1.96. The molecule has 3 aromatic rings. The number of imide groups is 1. The summed E-state index contributed by atoms with van der Waals surface area (Å²) in [5, 5.41) is 10.1. The fourth-order valence-corrected chi connectivity index (χ4v) is 4.23. The Hall–Kier alpha value is -3.74. The van der Waals surface area contributed by atoms with Gasteiger partial charge in [0.25, 0.3) is 11.8 Å². The Morgan fingerprint density at radius 2 is 1.69 bits per heavy atom. The van der Waals surface area contributed by atoms with Crippen molar-refractivity contribution in [2.75, 3.05) is 11.5 Å². The lowest BCUT2D eigenvalue weighted by Gasteiger charge is -2.16. The van der Waals surface area contributed by atoms with E-state index in [0.717, 1.165) is 4.90 Å². The van der Waals surface area contributed by atoms with E-state index in [1.807, 2.05) is 6.92 Å². The summed E-state index contributed by atoms with van der Waals surface area (Å²) in [6.07, 6.45) is 1.05. The van der Waals surface area contributed by atoms with Crippen LogP contribution in [0.15, 0.2) is 42.5 Å². The smallest absolute Gasteiger partial charge is 0.307 e. The van der Waals surface area contributed by atoms with E-state index in [2.05, 4.69) is 0 Å². The van der Waals surface area contributed by atoms with Crippen molar-refractivity contribution < 1.29 is 28.6 Å². The van der Waals surface area contributed by atoms with E-state index >= 15 is 0 Å². The molecule has 4 rings (SSSR count). The zero-order valence-corrected chi connectivity index (χ0v) is 17.8. The van der Waals surface area contributed by atoms with Gasteiger partial charge in [-0.05, 0) is 60.2 Å². The molecule has 0 spiro atoms. The number of nitrogens with zero attached hydrogens (tertiary/aromatic N) is 1. The number of hydrogen-bond donors (Lipinski definition) is 1. The zero-order chi connectivity index (χ0) is 23.0. The molecule has 7 heteroatoms. The van der Waals surface area contributed by atoms with Crippen molar-refractivity contribution in [3.05, 3.63) is 70.5 Å². The third-order valence-corrected chi connectivity index (χ3v) is 5.50. The van der Waals surface area contributed by atoms with Gasteiger partial charge >= 0.3 is 5.97 Å². The van der Waals surface area contributed by atoms with Crippen molar-refractivity contribution in [1.82, 2.24) is 0 Å². The van der Waals surface area contributed by atoms with E-state index in [4.69, 9.17) is 9.84 Å². The fourth-order valence-electron chi connectivity index (χ4n) is 4.23. The Balaban J connectivity index is 1.92. The quantitative estimate of drug-likeness (QED) is 0.541. The average molecular weight is 435 g/mol. The molecule has 0 atom stereocenters. The zero-order valence-electron chi connectivity index (χ0n) is 17.8. The molecule has 0 aromatic heterocycles. The van der Waals surface area contributed by atoms with E-state index in [1.54, 1.807) is 37.3 Å². The van der Waals surface area contributed by atoms with Crippen LogP contribution in [0.3, 0.4) is 0 Å². The van der Waals surface area contributed by atoms with Gasteiger partial charge in [-0.3, -0.25) is 14.4 Å². The second-order valence-corrected chi connectivity index (χ2v) is 7.61. The van der Waals surface area contributed by atoms with Crippen molar-refractivity contribution in [3.8, 4) is 5.75 Å². The van der Waals surface area contributed by atoms with Crippen LogP contribution in [0.5, 0.6) is 5.75 Å². The molecule has 0 radical (unpaired) electrons. The lowest BCUT2D eigenvalue weighted by molar-refractivity contribution is -0.136. The van der Waals surface area contributed by atoms with E-state index in [0.29, 0.717) is 40.4 Å². The molecule has 6 nitrogen and oxygen atoms in total. The average Bonchev–Trinajstić information content (AvgIpc) is 3.01. The van der Waals surface area contributed by atoms with Crippen LogP contribution in [0.4, 0.5) is 10.1 Å². The van der Waals surface area contributed by atoms with E-state index in [1.165, 1.54) is 12.1 Å². The molecule has 0 fully saturated rings. The first-order valence-corrected chi connectivity index (χ1v) is 10.5. The van der Waals surface area contributed by atoms with Crippen LogP contribution in [0, 0.1) is 5.82 Å². The first-order chi connectivity index (χ1) is 15.4. The standard InChI is InChI=1S/C25H22FNO5/c1-3-5-17-19-13-15(26)8-11-18(19)23(32-4-2)22-21(17)24(30)27(25(22)31)16-9-6-14(7-10-16)12-20(28)29/h6-11,13H,3-5,12H2,1-2H3,(H,28,29). The maximum Gasteiger partial charge on any atom is 0.307 e. The molecule has 0 saturated heterocycles. The van der Waals surface area contributed by atoms with Gasteiger partial charge in [0.1, 0.15) is 11.6 Å². The number of carboxylic acids is 1. The maximum atomic E-state index is 14.1. The summed E-state index contributed by atoms with van der Waals surface area (Å²) in [6.45, 7) is 4.01. The highest BCUT2D eigenvalue weighted by Gasteiger charge is 2.42. The third-order valence-electron chi connectivity index (χ3n) is 5.50. The van der Waals surface area contributed by atoms with Gasteiger partial charge in [0.2, 0.25) is 0 Å². The number of carboxylic acid groups (broad SMARTS) is 1. The molecule has 0 bridgehead atoms. The summed E-state index contributed by atoms with van der Waals surface area (Å²) < 4.78 is 19.9. The topological polar surface area (TPSA) is 83.9 Å². The second-order valence-electron chi connectivity index (χ2n) is 7.61. The summed E-state index contributed by atoms with van der Waals surface area (Å²) in [6, 6.07) is 10.5. The molecule has 3 aromatic carbocycles. The predicted octanol–water partition coefficient (Wildman–Crippen LogP) is 4.76. The summed E-state index contributed by atoms with van der Waals surface area (Å²) in [7, 11) is 0. The molecule has 1 aliphatic heterocycles. The van der Waals surface area contributed by atoms with Gasteiger partial charge in [0, 0.05) is 5.39 Å². The molecule has 32 heavy (non-hydrogen) atoms. The fraction of sp³-hybridized carbons (Fsp3) is 0.240. The van der Waals surface area contributed by atoms with E-state index < -0.39 is 23.6 Å². The van der Waals surface area contributed by atoms with Crippen molar-refractivity contribution >= 4 is 34.2 Å². The highest BCUT2D eigenvalue weighted by atomic mass is 19.1. The number of benzene rings is 3. The number of amides is 2.